The van der Waals surface area contributed by atoms with Crippen LogP contribution in [0.25, 0.3) is 0 Å². The van der Waals surface area contributed by atoms with E-state index in [9.17, 15) is 5.11 Å². The van der Waals surface area contributed by atoms with Gasteiger partial charge in [-0.1, -0.05) is 48.5 Å². The summed E-state index contributed by atoms with van der Waals surface area (Å²) in [5.74, 6) is 0.998. The minimum absolute atomic E-state index is 0.470. The highest BCUT2D eigenvalue weighted by atomic mass is 16.3. The highest BCUT2D eigenvalue weighted by molar-refractivity contribution is 5.35. The molecule has 24 heavy (non-hydrogen) atoms. The van der Waals surface area contributed by atoms with Crippen molar-refractivity contribution in [3.63, 3.8) is 0 Å². The lowest BCUT2D eigenvalue weighted by atomic mass is 9.81. The van der Waals surface area contributed by atoms with E-state index in [-0.39, 0.29) is 0 Å². The number of rotatable bonds is 6. The molecule has 0 unspecified atom stereocenters. The van der Waals surface area contributed by atoms with E-state index in [2.05, 4.69) is 48.3 Å². The lowest BCUT2D eigenvalue weighted by Crippen LogP contribution is -2.35. The van der Waals surface area contributed by atoms with E-state index in [1.54, 1.807) is 0 Å². The van der Waals surface area contributed by atoms with Gasteiger partial charge in [-0.3, -0.25) is 0 Å². The van der Waals surface area contributed by atoms with E-state index >= 15 is 0 Å². The second-order valence-electron chi connectivity index (χ2n) is 7.13. The van der Waals surface area contributed by atoms with Crippen LogP contribution in [0, 0.1) is 0 Å². The average Bonchev–Trinajstić information content (AvgIpc) is 2.63. The van der Waals surface area contributed by atoms with Crippen molar-refractivity contribution in [2.45, 2.75) is 50.5 Å². The molecule has 0 heterocycles. The zero-order valence-corrected chi connectivity index (χ0v) is 14.7. The van der Waals surface area contributed by atoms with Gasteiger partial charge >= 0.3 is 0 Å². The Bertz CT molecular complexity index is 617. The number of aryl methyl sites for hydroxylation is 1. The number of phenolic OH excluding ortho intramolecular Hbond substituents is 1. The normalized spacial score (nSPS) is 21.1. The average molecular weight is 323 g/mol. The number of hydrogen-bond donors (Lipinski definition) is 1. The van der Waals surface area contributed by atoms with Crippen molar-refractivity contribution in [3.05, 3.63) is 65.7 Å². The summed E-state index contributed by atoms with van der Waals surface area (Å²) < 4.78 is 0. The third-order valence-corrected chi connectivity index (χ3v) is 5.52. The first-order valence-corrected chi connectivity index (χ1v) is 9.26. The van der Waals surface area contributed by atoms with Gasteiger partial charge in [0, 0.05) is 6.04 Å². The van der Waals surface area contributed by atoms with E-state index in [0.29, 0.717) is 17.7 Å². The molecule has 0 aromatic heterocycles. The van der Waals surface area contributed by atoms with E-state index < -0.39 is 0 Å². The highest BCUT2D eigenvalue weighted by Crippen LogP contribution is 2.38. The second-order valence-corrected chi connectivity index (χ2v) is 7.13. The number of nitrogens with zero attached hydrogens (tertiary/aromatic N) is 1. The Morgan fingerprint density at radius 1 is 0.917 bits per heavy atom. The fourth-order valence-corrected chi connectivity index (χ4v) is 4.02. The fourth-order valence-electron chi connectivity index (χ4n) is 4.02. The number of aromatic hydroxyl groups is 1. The first-order valence-electron chi connectivity index (χ1n) is 9.26. The van der Waals surface area contributed by atoms with Crippen molar-refractivity contribution in [1.82, 2.24) is 4.90 Å². The molecule has 128 valence electrons. The molecule has 2 aromatic rings. The molecule has 0 aliphatic heterocycles. The second kappa shape index (κ2) is 8.34. The van der Waals surface area contributed by atoms with Crippen LogP contribution in [-0.4, -0.2) is 29.6 Å². The molecular formula is C22H29NO. The zero-order chi connectivity index (χ0) is 16.8. The molecule has 0 spiro atoms. The van der Waals surface area contributed by atoms with Gasteiger partial charge in [0.2, 0.25) is 0 Å². The van der Waals surface area contributed by atoms with Gasteiger partial charge in [0.25, 0.3) is 0 Å². The standard InChI is InChI=1S/C22H29NO/c1-23(17-7-10-18-8-3-2-4-9-18)20-15-13-19(14-16-20)21-11-5-6-12-22(21)24/h2-6,8-9,11-12,19-20,24H,7,10,13-17H2,1H3. The fraction of sp³-hybridized carbons (Fsp3) is 0.455. The Morgan fingerprint density at radius 3 is 2.29 bits per heavy atom. The van der Waals surface area contributed by atoms with Crippen molar-refractivity contribution < 1.29 is 5.11 Å². The third kappa shape index (κ3) is 4.39. The maximum Gasteiger partial charge on any atom is 0.119 e. The van der Waals surface area contributed by atoms with E-state index in [0.717, 1.165) is 5.56 Å². The Hall–Kier alpha value is -1.80. The SMILES string of the molecule is CN(CCCc1ccccc1)C1CCC(c2ccccc2O)CC1. The lowest BCUT2D eigenvalue weighted by Gasteiger charge is -2.35. The summed E-state index contributed by atoms with van der Waals surface area (Å²) in [6, 6.07) is 19.3. The van der Waals surface area contributed by atoms with Crippen molar-refractivity contribution in [2.75, 3.05) is 13.6 Å². The van der Waals surface area contributed by atoms with E-state index in [1.807, 2.05) is 18.2 Å². The summed E-state index contributed by atoms with van der Waals surface area (Å²) in [6.45, 7) is 1.17. The van der Waals surface area contributed by atoms with Gasteiger partial charge in [-0.15, -0.1) is 0 Å². The zero-order valence-electron chi connectivity index (χ0n) is 14.7. The van der Waals surface area contributed by atoms with Crippen LogP contribution >= 0.6 is 0 Å². The van der Waals surface area contributed by atoms with Crippen LogP contribution in [-0.2, 0) is 6.42 Å². The molecule has 1 fully saturated rings. The van der Waals surface area contributed by atoms with Crippen LogP contribution in [0.4, 0.5) is 0 Å². The molecule has 1 aliphatic rings. The summed E-state index contributed by atoms with van der Waals surface area (Å²) in [4.78, 5) is 2.55. The largest absolute Gasteiger partial charge is 0.508 e. The summed E-state index contributed by atoms with van der Waals surface area (Å²) in [6.07, 6.45) is 7.23. The number of phenols is 1. The molecule has 0 radical (unpaired) electrons. The third-order valence-electron chi connectivity index (χ3n) is 5.52. The molecule has 0 saturated heterocycles. The molecular weight excluding hydrogens is 294 g/mol. The maximum absolute atomic E-state index is 10.1. The molecule has 3 rings (SSSR count). The molecule has 2 aromatic carbocycles. The minimum Gasteiger partial charge on any atom is -0.508 e. The topological polar surface area (TPSA) is 23.5 Å². The van der Waals surface area contributed by atoms with Gasteiger partial charge in [-0.05, 0) is 75.2 Å². The van der Waals surface area contributed by atoms with Gasteiger partial charge < -0.3 is 10.0 Å². The maximum atomic E-state index is 10.1. The Morgan fingerprint density at radius 2 is 1.58 bits per heavy atom. The van der Waals surface area contributed by atoms with Crippen LogP contribution in [0.1, 0.15) is 49.1 Å². The number of para-hydroxylation sites is 1. The molecule has 1 saturated carbocycles. The summed E-state index contributed by atoms with van der Waals surface area (Å²) in [5, 5.41) is 10.1. The minimum atomic E-state index is 0.470. The monoisotopic (exact) mass is 323 g/mol. The van der Waals surface area contributed by atoms with Crippen LogP contribution in [0.3, 0.4) is 0 Å². The molecule has 0 bridgehead atoms. The first-order chi connectivity index (χ1) is 11.7. The molecule has 0 atom stereocenters. The number of hydrogen-bond acceptors (Lipinski definition) is 2. The molecule has 2 heteroatoms. The first kappa shape index (κ1) is 17.0. The van der Waals surface area contributed by atoms with Gasteiger partial charge in [0.15, 0.2) is 0 Å². The van der Waals surface area contributed by atoms with Crippen LogP contribution in [0.15, 0.2) is 54.6 Å². The molecule has 1 aliphatic carbocycles. The Balaban J connectivity index is 1.43. The van der Waals surface area contributed by atoms with Crippen molar-refractivity contribution in [3.8, 4) is 5.75 Å². The summed E-state index contributed by atoms with van der Waals surface area (Å²) in [7, 11) is 2.27. The molecule has 2 nitrogen and oxygen atoms in total. The molecule has 1 N–H and O–H groups in total. The van der Waals surface area contributed by atoms with E-state index in [1.165, 1.54) is 50.6 Å². The smallest absolute Gasteiger partial charge is 0.119 e. The van der Waals surface area contributed by atoms with Gasteiger partial charge in [-0.25, -0.2) is 0 Å². The number of benzene rings is 2. The lowest BCUT2D eigenvalue weighted by molar-refractivity contribution is 0.180. The molecule has 0 amide bonds. The predicted octanol–water partition coefficient (Wildman–Crippen LogP) is 4.98. The van der Waals surface area contributed by atoms with Gasteiger partial charge in [0.1, 0.15) is 5.75 Å². The van der Waals surface area contributed by atoms with E-state index in [4.69, 9.17) is 0 Å². The van der Waals surface area contributed by atoms with Gasteiger partial charge in [-0.2, -0.15) is 0 Å². The predicted molar refractivity (Wildman–Crippen MR) is 100 cm³/mol. The highest BCUT2D eigenvalue weighted by Gasteiger charge is 2.25. The summed E-state index contributed by atoms with van der Waals surface area (Å²) >= 11 is 0. The van der Waals surface area contributed by atoms with Crippen molar-refractivity contribution in [2.24, 2.45) is 0 Å². The van der Waals surface area contributed by atoms with Crippen LogP contribution in [0.2, 0.25) is 0 Å². The summed E-state index contributed by atoms with van der Waals surface area (Å²) in [5.41, 5.74) is 2.58. The quantitative estimate of drug-likeness (QED) is 0.810. The van der Waals surface area contributed by atoms with Gasteiger partial charge in [0.05, 0.1) is 0 Å². The van der Waals surface area contributed by atoms with Crippen LogP contribution in [0.5, 0.6) is 5.75 Å². The van der Waals surface area contributed by atoms with Crippen LogP contribution < -0.4 is 0 Å². The Labute approximate surface area is 146 Å². The Kier molecular flexibility index (Phi) is 5.92. The van der Waals surface area contributed by atoms with Crippen molar-refractivity contribution >= 4 is 0 Å². The van der Waals surface area contributed by atoms with Crippen molar-refractivity contribution in [1.29, 1.82) is 0 Å².